The number of benzene rings is 2. The average molecular weight is 529 g/mol. The number of Topliss-reactive ketones (excluding diaryl/α,β-unsaturated/α-hetero) is 1. The second-order valence-corrected chi connectivity index (χ2v) is 11.7. The number of methoxy groups -OCH3 is 1. The highest BCUT2D eigenvalue weighted by Gasteiger charge is 2.46. The van der Waals surface area contributed by atoms with E-state index in [9.17, 15) is 14.7 Å². The number of aliphatic hydroxyl groups is 1. The van der Waals surface area contributed by atoms with Crippen LogP contribution in [0.15, 0.2) is 71.7 Å². The maximum atomic E-state index is 13.4. The molecule has 3 heterocycles. The van der Waals surface area contributed by atoms with Crippen molar-refractivity contribution in [3.05, 3.63) is 93.3 Å². The third-order valence-corrected chi connectivity index (χ3v) is 8.16. The van der Waals surface area contributed by atoms with Crippen LogP contribution in [-0.2, 0) is 28.5 Å². The zero-order valence-electron chi connectivity index (χ0n) is 22.3. The van der Waals surface area contributed by atoms with E-state index in [1.54, 1.807) is 24.1 Å². The number of aliphatic hydroxyl groups excluding tert-OH is 1. The Morgan fingerprint density at radius 1 is 1.08 bits per heavy atom. The number of amides is 1. The molecule has 1 unspecified atom stereocenters. The molecule has 7 heteroatoms. The molecule has 1 amide bonds. The van der Waals surface area contributed by atoms with Gasteiger partial charge in [-0.1, -0.05) is 45.0 Å². The second kappa shape index (κ2) is 9.80. The van der Waals surface area contributed by atoms with Gasteiger partial charge in [0.2, 0.25) is 0 Å². The van der Waals surface area contributed by atoms with Gasteiger partial charge >= 0.3 is 0 Å². The van der Waals surface area contributed by atoms with E-state index in [4.69, 9.17) is 4.74 Å². The summed E-state index contributed by atoms with van der Waals surface area (Å²) in [5.74, 6) is -0.705. The van der Waals surface area contributed by atoms with Gasteiger partial charge in [0.1, 0.15) is 11.5 Å². The molecule has 196 valence electrons. The maximum absolute atomic E-state index is 13.4. The van der Waals surface area contributed by atoms with Crippen molar-refractivity contribution in [2.75, 3.05) is 13.7 Å². The van der Waals surface area contributed by atoms with E-state index in [1.807, 2.05) is 42.8 Å². The maximum Gasteiger partial charge on any atom is 0.295 e. The molecular formula is C31H32N2O4S. The van der Waals surface area contributed by atoms with Gasteiger partial charge in [0, 0.05) is 46.7 Å². The lowest BCUT2D eigenvalue weighted by molar-refractivity contribution is -0.139. The summed E-state index contributed by atoms with van der Waals surface area (Å²) in [6.07, 6.45) is 2.67. The molecule has 38 heavy (non-hydrogen) atoms. The van der Waals surface area contributed by atoms with Gasteiger partial charge in [0.25, 0.3) is 11.7 Å². The van der Waals surface area contributed by atoms with Crippen LogP contribution in [0.2, 0.25) is 0 Å². The Bertz CT molecular complexity index is 1560. The topological polar surface area (TPSA) is 71.8 Å². The monoisotopic (exact) mass is 528 g/mol. The predicted molar refractivity (Wildman–Crippen MR) is 152 cm³/mol. The summed E-state index contributed by atoms with van der Waals surface area (Å²) in [5, 5.41) is 14.6. The molecule has 1 atom stereocenters. The molecule has 1 saturated heterocycles. The summed E-state index contributed by atoms with van der Waals surface area (Å²) in [6, 6.07) is 16.7. The number of hydrogen-bond acceptors (Lipinski definition) is 5. The SMILES string of the molecule is COc1ccc(/C(O)=C2/C(=O)C(=O)N(CCc3cn(C)c4ccccc34)C2c2cccs2)cc1C(C)(C)C. The molecule has 1 N–H and O–H groups in total. The number of ketones is 1. The average Bonchev–Trinajstić information content (AvgIpc) is 3.60. The lowest BCUT2D eigenvalue weighted by atomic mass is 9.84. The Morgan fingerprint density at radius 2 is 1.84 bits per heavy atom. The first kappa shape index (κ1) is 25.8. The third-order valence-electron chi connectivity index (χ3n) is 7.24. The first-order valence-electron chi connectivity index (χ1n) is 12.7. The Balaban J connectivity index is 1.57. The fourth-order valence-corrected chi connectivity index (χ4v) is 6.16. The first-order chi connectivity index (χ1) is 18.1. The Labute approximate surface area is 226 Å². The molecule has 2 aromatic carbocycles. The van der Waals surface area contributed by atoms with E-state index in [-0.39, 0.29) is 16.7 Å². The van der Waals surface area contributed by atoms with Crippen molar-refractivity contribution >= 4 is 39.7 Å². The highest BCUT2D eigenvalue weighted by molar-refractivity contribution is 7.10. The van der Waals surface area contributed by atoms with Gasteiger partial charge in [-0.2, -0.15) is 0 Å². The molecule has 5 rings (SSSR count). The van der Waals surface area contributed by atoms with E-state index in [0.717, 1.165) is 26.9 Å². The number of hydrogen-bond donors (Lipinski definition) is 1. The van der Waals surface area contributed by atoms with Crippen molar-refractivity contribution < 1.29 is 19.4 Å². The lowest BCUT2D eigenvalue weighted by Gasteiger charge is -2.25. The van der Waals surface area contributed by atoms with E-state index < -0.39 is 17.7 Å². The van der Waals surface area contributed by atoms with Crippen LogP contribution in [0.4, 0.5) is 0 Å². The molecule has 1 aliphatic rings. The van der Waals surface area contributed by atoms with E-state index in [2.05, 4.69) is 43.7 Å². The number of ether oxygens (including phenoxy) is 1. The quantitative estimate of drug-likeness (QED) is 0.183. The fraction of sp³-hybridized carbons (Fsp3) is 0.290. The van der Waals surface area contributed by atoms with Gasteiger partial charge in [0.15, 0.2) is 0 Å². The van der Waals surface area contributed by atoms with Crippen molar-refractivity contribution in [3.63, 3.8) is 0 Å². The predicted octanol–water partition coefficient (Wildman–Crippen LogP) is 6.21. The lowest BCUT2D eigenvalue weighted by Crippen LogP contribution is -2.31. The van der Waals surface area contributed by atoms with Gasteiger partial charge in [-0.25, -0.2) is 0 Å². The minimum absolute atomic E-state index is 0.125. The molecule has 6 nitrogen and oxygen atoms in total. The number of likely N-dealkylation sites (tertiary alicyclic amines) is 1. The molecule has 0 spiro atoms. The molecular weight excluding hydrogens is 496 g/mol. The van der Waals surface area contributed by atoms with Gasteiger partial charge in [-0.15, -0.1) is 11.3 Å². The van der Waals surface area contributed by atoms with Crippen LogP contribution >= 0.6 is 11.3 Å². The second-order valence-electron chi connectivity index (χ2n) is 10.7. The Morgan fingerprint density at radius 3 is 2.53 bits per heavy atom. The number of aromatic nitrogens is 1. The summed E-state index contributed by atoms with van der Waals surface area (Å²) >= 11 is 1.47. The van der Waals surface area contributed by atoms with Crippen LogP contribution in [0.25, 0.3) is 16.7 Å². The smallest absolute Gasteiger partial charge is 0.295 e. The first-order valence-corrected chi connectivity index (χ1v) is 13.5. The van der Waals surface area contributed by atoms with Gasteiger partial charge < -0.3 is 19.3 Å². The van der Waals surface area contributed by atoms with Crippen LogP contribution in [0, 0.1) is 0 Å². The zero-order chi connectivity index (χ0) is 27.2. The number of aryl methyl sites for hydroxylation is 1. The molecule has 0 saturated carbocycles. The van der Waals surface area contributed by atoms with E-state index in [0.29, 0.717) is 24.3 Å². The molecule has 1 fully saturated rings. The van der Waals surface area contributed by atoms with Crippen molar-refractivity contribution in [3.8, 4) is 5.75 Å². The summed E-state index contributed by atoms with van der Waals surface area (Å²) < 4.78 is 7.62. The van der Waals surface area contributed by atoms with E-state index in [1.165, 1.54) is 11.3 Å². The highest BCUT2D eigenvalue weighted by Crippen LogP contribution is 2.42. The summed E-state index contributed by atoms with van der Waals surface area (Å²) in [4.78, 5) is 29.3. The number of carbonyl (C=O) groups is 2. The molecule has 1 aliphatic heterocycles. The Kier molecular flexibility index (Phi) is 6.65. The van der Waals surface area contributed by atoms with Crippen molar-refractivity contribution in [1.29, 1.82) is 0 Å². The normalized spacial score (nSPS) is 17.5. The minimum Gasteiger partial charge on any atom is -0.507 e. The van der Waals surface area contributed by atoms with Gasteiger partial charge in [-0.05, 0) is 53.1 Å². The highest BCUT2D eigenvalue weighted by atomic mass is 32.1. The number of thiophene rings is 1. The fourth-order valence-electron chi connectivity index (χ4n) is 5.32. The van der Waals surface area contributed by atoms with Crippen LogP contribution in [0.1, 0.15) is 48.4 Å². The number of para-hydroxylation sites is 1. The number of nitrogens with zero attached hydrogens (tertiary/aromatic N) is 2. The van der Waals surface area contributed by atoms with Crippen molar-refractivity contribution in [2.45, 2.75) is 38.6 Å². The number of rotatable bonds is 6. The van der Waals surface area contributed by atoms with Crippen LogP contribution in [0.5, 0.6) is 5.75 Å². The molecule has 0 radical (unpaired) electrons. The standard InChI is InChI=1S/C31H32N2O4S/c1-31(2,3)22-17-19(12-13-24(22)37-5)28(34)26-27(25-11-8-16-38-25)33(30(36)29(26)35)15-14-20-18-32(4)23-10-7-6-9-21(20)23/h6-13,16-18,27,34H,14-15H2,1-5H3/b28-26-. The van der Waals surface area contributed by atoms with Crippen LogP contribution < -0.4 is 4.74 Å². The summed E-state index contributed by atoms with van der Waals surface area (Å²) in [5.41, 5.74) is 3.50. The number of carbonyl (C=O) groups excluding carboxylic acids is 2. The zero-order valence-corrected chi connectivity index (χ0v) is 23.1. The molecule has 0 bridgehead atoms. The van der Waals surface area contributed by atoms with Crippen molar-refractivity contribution in [1.82, 2.24) is 9.47 Å². The van der Waals surface area contributed by atoms with Crippen LogP contribution in [0.3, 0.4) is 0 Å². The summed E-state index contributed by atoms with van der Waals surface area (Å²) in [6.45, 7) is 6.54. The van der Waals surface area contributed by atoms with Crippen molar-refractivity contribution in [2.24, 2.45) is 7.05 Å². The van der Waals surface area contributed by atoms with Crippen LogP contribution in [-0.4, -0.2) is 39.9 Å². The largest absolute Gasteiger partial charge is 0.507 e. The molecule has 0 aliphatic carbocycles. The van der Waals surface area contributed by atoms with E-state index >= 15 is 0 Å². The molecule has 4 aromatic rings. The minimum atomic E-state index is -0.660. The Hall–Kier alpha value is -3.84. The number of fused-ring (bicyclic) bond motifs is 1. The van der Waals surface area contributed by atoms with Gasteiger partial charge in [-0.3, -0.25) is 9.59 Å². The summed E-state index contributed by atoms with van der Waals surface area (Å²) in [7, 11) is 3.62. The van der Waals surface area contributed by atoms with Gasteiger partial charge in [0.05, 0.1) is 18.7 Å². The third kappa shape index (κ3) is 4.41. The molecule has 2 aromatic heterocycles.